The second kappa shape index (κ2) is 9.83. The summed E-state index contributed by atoms with van der Waals surface area (Å²) in [4.78, 5) is 24.4. The van der Waals surface area contributed by atoms with Crippen molar-refractivity contribution in [2.45, 2.75) is 30.3 Å². The summed E-state index contributed by atoms with van der Waals surface area (Å²) in [5.41, 5.74) is 1.41. The molecule has 2 aromatic heterocycles. The van der Waals surface area contributed by atoms with Crippen molar-refractivity contribution >= 4 is 65.8 Å². The van der Waals surface area contributed by atoms with E-state index in [1.807, 2.05) is 18.2 Å². The Morgan fingerprint density at radius 3 is 2.63 bits per heavy atom. The monoisotopic (exact) mass is 546 g/mol. The van der Waals surface area contributed by atoms with Gasteiger partial charge in [0.2, 0.25) is 15.9 Å². The number of hydrogen-bond acceptors (Lipinski definition) is 6. The lowest BCUT2D eigenvalue weighted by Crippen LogP contribution is -2.47. The first kappa shape index (κ1) is 24.1. The third-order valence-electron chi connectivity index (χ3n) is 5.83. The van der Waals surface area contributed by atoms with Crippen LogP contribution in [-0.4, -0.2) is 41.2 Å². The number of nitrogens with zero attached hydrogens (tertiary/aromatic N) is 4. The quantitative estimate of drug-likeness (QED) is 0.324. The minimum absolute atomic E-state index is 0.104. The zero-order chi connectivity index (χ0) is 24.6. The number of rotatable bonds is 6. The third-order valence-corrected chi connectivity index (χ3v) is 9.35. The molecule has 0 bridgehead atoms. The minimum Gasteiger partial charge on any atom is -0.282 e. The molecular formula is C24H20Cl2N4O3S2. The van der Waals surface area contributed by atoms with Gasteiger partial charge in [0.05, 0.1) is 21.2 Å². The van der Waals surface area contributed by atoms with Gasteiger partial charge in [-0.1, -0.05) is 46.7 Å². The number of thiazole rings is 1. The van der Waals surface area contributed by atoms with E-state index in [0.29, 0.717) is 33.5 Å². The van der Waals surface area contributed by atoms with Crippen LogP contribution >= 0.6 is 34.5 Å². The molecule has 1 aliphatic heterocycles. The van der Waals surface area contributed by atoms with Crippen LogP contribution in [0.2, 0.25) is 10.0 Å². The average Bonchev–Trinajstić information content (AvgIpc) is 3.52. The summed E-state index contributed by atoms with van der Waals surface area (Å²) in [6.45, 7) is 0.462. The first-order valence-corrected chi connectivity index (χ1v) is 13.9. The van der Waals surface area contributed by atoms with Gasteiger partial charge in [-0.25, -0.2) is 13.4 Å². The number of halogens is 2. The van der Waals surface area contributed by atoms with Gasteiger partial charge in [-0.15, -0.1) is 0 Å². The number of hydrogen-bond donors (Lipinski definition) is 0. The molecule has 0 aliphatic carbocycles. The van der Waals surface area contributed by atoms with E-state index >= 15 is 0 Å². The maximum atomic E-state index is 14.0. The Labute approximate surface area is 217 Å². The fourth-order valence-electron chi connectivity index (χ4n) is 4.13. The molecule has 3 heterocycles. The summed E-state index contributed by atoms with van der Waals surface area (Å²) in [5.74, 6) is -0.334. The lowest BCUT2D eigenvalue weighted by molar-refractivity contribution is -0.121. The number of carbonyl (C=O) groups is 1. The molecule has 180 valence electrons. The fourth-order valence-corrected chi connectivity index (χ4v) is 7.18. The molecule has 1 unspecified atom stereocenters. The van der Waals surface area contributed by atoms with Crippen LogP contribution < -0.4 is 4.90 Å². The van der Waals surface area contributed by atoms with Crippen LogP contribution in [-0.2, 0) is 21.4 Å². The Morgan fingerprint density at radius 2 is 1.91 bits per heavy atom. The van der Waals surface area contributed by atoms with Gasteiger partial charge >= 0.3 is 0 Å². The summed E-state index contributed by atoms with van der Waals surface area (Å²) < 4.78 is 29.0. The van der Waals surface area contributed by atoms with Crippen molar-refractivity contribution in [2.24, 2.45) is 0 Å². The van der Waals surface area contributed by atoms with Gasteiger partial charge in [-0.3, -0.25) is 14.7 Å². The number of anilines is 1. The van der Waals surface area contributed by atoms with E-state index in [1.165, 1.54) is 39.9 Å². The van der Waals surface area contributed by atoms with Gasteiger partial charge in [0.15, 0.2) is 5.13 Å². The molecule has 2 aromatic carbocycles. The van der Waals surface area contributed by atoms with E-state index in [1.54, 1.807) is 29.4 Å². The largest absolute Gasteiger partial charge is 0.282 e. The van der Waals surface area contributed by atoms with E-state index < -0.39 is 16.1 Å². The highest BCUT2D eigenvalue weighted by molar-refractivity contribution is 7.89. The molecule has 1 atom stereocenters. The van der Waals surface area contributed by atoms with Gasteiger partial charge in [0.25, 0.3) is 0 Å². The van der Waals surface area contributed by atoms with Crippen molar-refractivity contribution in [2.75, 3.05) is 11.4 Å². The van der Waals surface area contributed by atoms with E-state index in [2.05, 4.69) is 9.97 Å². The molecule has 7 nitrogen and oxygen atoms in total. The van der Waals surface area contributed by atoms with Gasteiger partial charge < -0.3 is 0 Å². The molecule has 1 amide bonds. The average molecular weight is 547 g/mol. The number of para-hydroxylation sites is 1. The van der Waals surface area contributed by atoms with E-state index in [0.717, 1.165) is 10.3 Å². The number of benzene rings is 2. The van der Waals surface area contributed by atoms with E-state index in [9.17, 15) is 13.2 Å². The molecule has 4 aromatic rings. The van der Waals surface area contributed by atoms with Crippen LogP contribution in [0.4, 0.5) is 5.13 Å². The van der Waals surface area contributed by atoms with Crippen LogP contribution in [0.15, 0.2) is 71.9 Å². The molecule has 0 N–H and O–H groups in total. The number of carbonyl (C=O) groups excluding carboxylic acids is 1. The van der Waals surface area contributed by atoms with Crippen LogP contribution in [0.5, 0.6) is 0 Å². The molecule has 11 heteroatoms. The van der Waals surface area contributed by atoms with Crippen molar-refractivity contribution < 1.29 is 13.2 Å². The molecule has 0 saturated carbocycles. The summed E-state index contributed by atoms with van der Waals surface area (Å²) in [5, 5.41) is 1.39. The Balaban J connectivity index is 1.53. The maximum Gasteiger partial charge on any atom is 0.247 e. The Hall–Kier alpha value is -2.56. The number of pyridine rings is 1. The first-order valence-electron chi connectivity index (χ1n) is 10.9. The standard InChI is InChI=1S/C24H20Cl2N4O3S2/c25-17-8-10-18(11-9-17)35(32,33)30-13-3-6-20(30)23(31)29(15-16-4-2-12-27-14-16)24-28-22-19(26)5-1-7-21(22)34-24/h1-2,4-5,7-12,14,20H,3,6,13,15H2. The summed E-state index contributed by atoms with van der Waals surface area (Å²) in [6, 6.07) is 14.2. The van der Waals surface area contributed by atoms with Gasteiger partial charge in [-0.2, -0.15) is 4.31 Å². The Morgan fingerprint density at radius 1 is 1.11 bits per heavy atom. The topological polar surface area (TPSA) is 83.5 Å². The molecule has 35 heavy (non-hydrogen) atoms. The molecule has 5 rings (SSSR count). The lowest BCUT2D eigenvalue weighted by atomic mass is 10.2. The molecule has 1 saturated heterocycles. The third kappa shape index (κ3) is 4.79. The van der Waals surface area contributed by atoms with Crippen LogP contribution in [0.1, 0.15) is 18.4 Å². The van der Waals surface area contributed by atoms with Gasteiger partial charge in [0, 0.05) is 24.0 Å². The summed E-state index contributed by atoms with van der Waals surface area (Å²) >= 11 is 13.6. The van der Waals surface area contributed by atoms with E-state index in [-0.39, 0.29) is 23.9 Å². The van der Waals surface area contributed by atoms with Gasteiger partial charge in [0.1, 0.15) is 11.6 Å². The minimum atomic E-state index is -3.89. The number of amides is 1. The smallest absolute Gasteiger partial charge is 0.247 e. The number of fused-ring (bicyclic) bond motifs is 1. The SMILES string of the molecule is O=C(C1CCCN1S(=O)(=O)c1ccc(Cl)cc1)N(Cc1cccnc1)c1nc2c(Cl)cccc2s1. The van der Waals surface area contributed by atoms with Crippen molar-refractivity contribution in [3.63, 3.8) is 0 Å². The molecule has 0 radical (unpaired) electrons. The Kier molecular flexibility index (Phi) is 6.78. The van der Waals surface area contributed by atoms with Crippen molar-refractivity contribution in [1.29, 1.82) is 0 Å². The maximum absolute atomic E-state index is 14.0. The second-order valence-corrected chi connectivity index (χ2v) is 11.8. The molecule has 0 spiro atoms. The highest BCUT2D eigenvalue weighted by atomic mass is 35.5. The highest BCUT2D eigenvalue weighted by Crippen LogP contribution is 2.35. The zero-order valence-electron chi connectivity index (χ0n) is 18.3. The first-order chi connectivity index (χ1) is 16.8. The fraction of sp³-hybridized carbons (Fsp3) is 0.208. The van der Waals surface area contributed by atoms with E-state index in [4.69, 9.17) is 23.2 Å². The number of aromatic nitrogens is 2. The predicted molar refractivity (Wildman–Crippen MR) is 138 cm³/mol. The highest BCUT2D eigenvalue weighted by Gasteiger charge is 2.42. The van der Waals surface area contributed by atoms with Crippen LogP contribution in [0.25, 0.3) is 10.2 Å². The molecular weight excluding hydrogens is 527 g/mol. The zero-order valence-corrected chi connectivity index (χ0v) is 21.5. The number of sulfonamides is 1. The molecule has 1 fully saturated rings. The molecule has 1 aliphatic rings. The summed E-state index contributed by atoms with van der Waals surface area (Å²) in [6.07, 6.45) is 4.33. The lowest BCUT2D eigenvalue weighted by Gasteiger charge is -2.28. The van der Waals surface area contributed by atoms with Gasteiger partial charge in [-0.05, 0) is 60.9 Å². The van der Waals surface area contributed by atoms with Crippen molar-refractivity contribution in [3.05, 3.63) is 82.6 Å². The van der Waals surface area contributed by atoms with Crippen LogP contribution in [0.3, 0.4) is 0 Å². The van der Waals surface area contributed by atoms with Crippen molar-refractivity contribution in [3.8, 4) is 0 Å². The summed E-state index contributed by atoms with van der Waals surface area (Å²) in [7, 11) is -3.89. The normalized spacial score (nSPS) is 16.6. The predicted octanol–water partition coefficient (Wildman–Crippen LogP) is 5.38. The van der Waals surface area contributed by atoms with Crippen LogP contribution in [0, 0.1) is 0 Å². The van der Waals surface area contributed by atoms with Crippen molar-refractivity contribution in [1.82, 2.24) is 14.3 Å². The Bertz CT molecular complexity index is 1480. The second-order valence-electron chi connectivity index (χ2n) is 8.10.